The fraction of sp³-hybridized carbons (Fsp3) is 0.756. The second-order valence-corrected chi connectivity index (χ2v) is 34.1. The summed E-state index contributed by atoms with van der Waals surface area (Å²) in [6.07, 6.45) is 6.88. The Labute approximate surface area is 693 Å². The molecule has 34 heteroatoms. The number of ketones is 1. The fourth-order valence-electron chi connectivity index (χ4n) is 14.8. The lowest BCUT2D eigenvalue weighted by Crippen LogP contribution is -2.50. The molecular weight excluding hydrogens is 1550 g/mol. The van der Waals surface area contributed by atoms with E-state index >= 15 is 0 Å². The van der Waals surface area contributed by atoms with Gasteiger partial charge in [0.15, 0.2) is 0 Å². The number of anilines is 1. The number of nitrogens with one attached hydrogen (secondary N) is 2. The number of amides is 5. The first-order valence-electron chi connectivity index (χ1n) is 40.9. The molecule has 116 heavy (non-hydrogen) atoms. The summed E-state index contributed by atoms with van der Waals surface area (Å²) in [5.41, 5.74) is 9.99. The lowest BCUT2D eigenvalue weighted by atomic mass is 9.87. The maximum atomic E-state index is 13.9. The average Bonchev–Trinajstić information content (AvgIpc) is 1.55. The number of ether oxygens (including phenoxy) is 17. The normalized spacial score (nSPS) is 25.9. The molecule has 32 nitrogen and oxygen atoms in total. The molecule has 0 saturated carbocycles. The van der Waals surface area contributed by atoms with Gasteiger partial charge in [-0.3, -0.25) is 29.0 Å². The summed E-state index contributed by atoms with van der Waals surface area (Å²) in [5.74, 6) is 5.08. The molecule has 5 fully saturated rings. The third kappa shape index (κ3) is 35.0. The van der Waals surface area contributed by atoms with Crippen LogP contribution in [-0.2, 0) is 106 Å². The number of hydrazine groups is 1. The zero-order valence-corrected chi connectivity index (χ0v) is 71.2. The van der Waals surface area contributed by atoms with Crippen LogP contribution in [0.15, 0.2) is 72.6 Å². The minimum atomic E-state index is -1.03. The van der Waals surface area contributed by atoms with E-state index in [0.717, 1.165) is 55.4 Å². The molecule has 6 aliphatic rings. The number of carbonyl (C=O) groups excluding carboxylic acids is 6. The molecule has 8 N–H and O–H groups in total. The number of imide groups is 1. The summed E-state index contributed by atoms with van der Waals surface area (Å²) in [7, 11) is 6.44. The largest absolute Gasteiger partial charge is 0.448 e. The van der Waals surface area contributed by atoms with Crippen LogP contribution in [0.1, 0.15) is 131 Å². The number of aliphatic hydroxyl groups is 2. The molecular formula is C82H133N7O25S2. The van der Waals surface area contributed by atoms with Crippen molar-refractivity contribution in [2.75, 3.05) is 164 Å². The monoisotopic (exact) mass is 1680 g/mol. The molecule has 1 unspecified atom stereocenters. The summed E-state index contributed by atoms with van der Waals surface area (Å²) < 4.78 is 101. The number of rotatable bonds is 57. The van der Waals surface area contributed by atoms with Crippen LogP contribution in [0, 0.1) is 11.8 Å². The van der Waals surface area contributed by atoms with Gasteiger partial charge < -0.3 is 112 Å². The number of carbonyl (C=O) groups is 6. The quantitative estimate of drug-likeness (QED) is 0.00972. The molecule has 0 aliphatic carbocycles. The Morgan fingerprint density at radius 2 is 1.35 bits per heavy atom. The topological polar surface area (TPSA) is 386 Å². The van der Waals surface area contributed by atoms with Crippen LogP contribution in [0.5, 0.6) is 0 Å². The molecule has 658 valence electrons. The zero-order chi connectivity index (χ0) is 83.9. The second-order valence-electron chi connectivity index (χ2n) is 31.0. The van der Waals surface area contributed by atoms with Gasteiger partial charge in [0.05, 0.1) is 202 Å². The second kappa shape index (κ2) is 52.7. The smallest absolute Gasteiger partial charge is 0.414 e. The number of alkyl carbamates (subject to hydrolysis) is 1. The Morgan fingerprint density at radius 3 is 2.00 bits per heavy atom. The Bertz CT molecular complexity index is 3180. The van der Waals surface area contributed by atoms with Gasteiger partial charge in [0.25, 0.3) is 11.8 Å². The highest BCUT2D eigenvalue weighted by Crippen LogP contribution is 2.39. The van der Waals surface area contributed by atoms with Crippen LogP contribution < -0.4 is 27.1 Å². The lowest BCUT2D eigenvalue weighted by Gasteiger charge is -2.40. The van der Waals surface area contributed by atoms with Crippen LogP contribution in [0.3, 0.4) is 0 Å². The number of methoxy groups -OCH3 is 2. The first-order chi connectivity index (χ1) is 55.7. The number of Topliss-reactive ketones (excluding diaryl/α,β-unsaturated/α-hetero) is 1. The molecule has 5 saturated heterocycles. The number of hydrogen-bond donors (Lipinski definition) is 6. The molecule has 0 spiro atoms. The van der Waals surface area contributed by atoms with Gasteiger partial charge in [0.1, 0.15) is 31.2 Å². The molecule has 1 aromatic carbocycles. The predicted molar refractivity (Wildman–Crippen MR) is 436 cm³/mol. The Kier molecular flexibility index (Phi) is 44.4. The van der Waals surface area contributed by atoms with E-state index in [4.69, 9.17) is 92.1 Å². The van der Waals surface area contributed by atoms with E-state index in [2.05, 4.69) is 30.7 Å². The van der Waals surface area contributed by atoms with Crippen LogP contribution in [0.25, 0.3) is 0 Å². The highest BCUT2D eigenvalue weighted by atomic mass is 33.1. The predicted octanol–water partition coefficient (Wildman–Crippen LogP) is 6.82. The van der Waals surface area contributed by atoms with Crippen LogP contribution in [0.2, 0.25) is 0 Å². The van der Waals surface area contributed by atoms with Gasteiger partial charge >= 0.3 is 12.2 Å². The Morgan fingerprint density at radius 1 is 0.724 bits per heavy atom. The molecule has 0 aromatic heterocycles. The van der Waals surface area contributed by atoms with Crippen molar-refractivity contribution in [2.24, 2.45) is 23.4 Å². The fourth-order valence-corrected chi connectivity index (χ4v) is 16.8. The molecule has 6 heterocycles. The maximum Gasteiger partial charge on any atom is 0.414 e. The van der Waals surface area contributed by atoms with Crippen LogP contribution >= 0.6 is 21.6 Å². The van der Waals surface area contributed by atoms with Gasteiger partial charge in [0, 0.05) is 95.9 Å². The molecule has 6 aliphatic heterocycles. The van der Waals surface area contributed by atoms with Gasteiger partial charge in [-0.25, -0.2) is 15.4 Å². The van der Waals surface area contributed by atoms with Gasteiger partial charge in [-0.15, -0.1) is 0 Å². The number of hydrogen-bond acceptors (Lipinski definition) is 30. The highest BCUT2D eigenvalue weighted by molar-refractivity contribution is 8.77. The van der Waals surface area contributed by atoms with E-state index in [1.807, 2.05) is 34.0 Å². The summed E-state index contributed by atoms with van der Waals surface area (Å²) in [4.78, 5) is 78.1. The summed E-state index contributed by atoms with van der Waals surface area (Å²) in [6, 6.07) is 6.94. The number of nitrogens with two attached hydrogens (primary N) is 2. The summed E-state index contributed by atoms with van der Waals surface area (Å²) >= 11 is 0. The van der Waals surface area contributed by atoms with Gasteiger partial charge in [-0.2, -0.15) is 0 Å². The van der Waals surface area contributed by atoms with Gasteiger partial charge in [0.2, 0.25) is 5.91 Å². The molecule has 1 aromatic rings. The number of nitrogens with zero attached hydrogens (tertiary/aromatic N) is 3. The third-order valence-electron chi connectivity index (χ3n) is 21.1. The minimum Gasteiger partial charge on any atom is -0.448 e. The van der Waals surface area contributed by atoms with Crippen molar-refractivity contribution < 1.29 is 120 Å². The molecule has 7 rings (SSSR count). The maximum absolute atomic E-state index is 13.9. The highest BCUT2D eigenvalue weighted by Gasteiger charge is 2.47. The standard InChI is InChI=1S/C82H133N7O25S2/c1-54-42-65(107-50-56(54)3)18-20-70-55(2)43-66(112-70)16-17-68-47-72(98-9)78(114-68)59(6)111-71-21-19-67(113-77(71)57(4)90)44-63(91)45-69-58(5)110-73(79(69)99-10)46-64(92)48-86-80(96)108-51-60-12-14-62(15-13-60)88(81(97)109-53-82(7,8)116-115-11)28-31-102-34-37-104-36-33-101-30-27-87(84)49-61(83)52-106-41-40-105-39-38-103-35-32-100-29-25-85-74(93)24-26-89-75(94)22-23-76(89)95/h12-15,22-23,49,54,57-59,64-73,77-79,90,92H,2-3,16-21,24-48,50-53,83-84H2,1,4-11H3,(H,85,93)(H,86,96)/b61-49-/t54-,57-,58+,59?,64+,65+,66+,67-,68-,69+,70+,71+,72-,73-,77-,78-,79-/m1/s1. The van der Waals surface area contributed by atoms with E-state index in [1.165, 1.54) is 27.6 Å². The molecule has 17 atom stereocenters. The average molecular weight is 1680 g/mol. The zero-order valence-electron chi connectivity index (χ0n) is 69.6. The van der Waals surface area contributed by atoms with Crippen molar-refractivity contribution in [1.29, 1.82) is 0 Å². The van der Waals surface area contributed by atoms with Crippen LogP contribution in [0.4, 0.5) is 15.3 Å². The van der Waals surface area contributed by atoms with Crippen LogP contribution in [-0.4, -0.2) is 311 Å². The number of aliphatic hydroxyl groups excluding tert-OH is 2. The van der Waals surface area contributed by atoms with Crippen molar-refractivity contribution in [1.82, 2.24) is 20.5 Å². The SMILES string of the molecule is C=C1CO[C@@H](CC[C@@H]2O[C@@H](CC[C@@H]3C[C@@H](OC)[C@@H](C(C)O[C@H]4CC[C@H](CC(=O)C[C@@H]5[C@@H](OC)[C@@H](C[C@H](O)CNC(=O)OCc6ccc(N(CCOCCOCCOCCN(N)/C=C(\N)COCCOCCOCCOCCNC(=O)CCN7C(=O)C=CC7=O)C(=O)OCC(C)(C)SSC)cc6)O[C@H]5C)O[C@@H]4[C@@H](C)O)O3)CC2=C)C[C@H]1C. The summed E-state index contributed by atoms with van der Waals surface area (Å²) in [6.45, 7) is 25.9. The van der Waals surface area contributed by atoms with E-state index < -0.39 is 66.7 Å². The van der Waals surface area contributed by atoms with Crippen molar-refractivity contribution in [3.05, 3.63) is 78.2 Å². The van der Waals surface area contributed by atoms with Crippen molar-refractivity contribution in [3.63, 3.8) is 0 Å². The number of benzene rings is 1. The van der Waals surface area contributed by atoms with Gasteiger partial charge in [-0.05, 0) is 127 Å². The van der Waals surface area contributed by atoms with Crippen molar-refractivity contribution in [2.45, 2.75) is 228 Å². The summed E-state index contributed by atoms with van der Waals surface area (Å²) in [5, 5.41) is 28.9. The molecule has 0 radical (unpaired) electrons. The Balaban J connectivity index is 0.710. The first-order valence-corrected chi connectivity index (χ1v) is 43.4. The van der Waals surface area contributed by atoms with E-state index in [0.29, 0.717) is 115 Å². The van der Waals surface area contributed by atoms with Gasteiger partial charge in [-0.1, -0.05) is 53.8 Å². The minimum absolute atomic E-state index is 0.0193. The first kappa shape index (κ1) is 97.7. The van der Waals surface area contributed by atoms with E-state index in [-0.39, 0.29) is 163 Å². The van der Waals surface area contributed by atoms with E-state index in [1.54, 1.807) is 73.2 Å². The van der Waals surface area contributed by atoms with Crippen molar-refractivity contribution in [3.8, 4) is 0 Å². The molecule has 0 bridgehead atoms. The van der Waals surface area contributed by atoms with E-state index in [9.17, 15) is 39.0 Å². The lowest BCUT2D eigenvalue weighted by molar-refractivity contribution is -0.204. The third-order valence-corrected chi connectivity index (χ3v) is 23.7. The molecule has 5 amide bonds. The Hall–Kier alpha value is -5.42. The van der Waals surface area contributed by atoms with Crippen molar-refractivity contribution >= 4 is 63.0 Å².